The van der Waals surface area contributed by atoms with Crippen LogP contribution in [0.5, 0.6) is 17.2 Å². The molecule has 138 valence electrons. The zero-order chi connectivity index (χ0) is 18.0. The smallest absolute Gasteiger partial charge is 0.130 e. The van der Waals surface area contributed by atoms with Crippen molar-refractivity contribution in [1.82, 2.24) is 0 Å². The molecule has 3 nitrogen and oxygen atoms in total. The highest BCUT2D eigenvalue weighted by Crippen LogP contribution is 2.67. The van der Waals surface area contributed by atoms with Gasteiger partial charge in [-0.3, -0.25) is 0 Å². The predicted octanol–water partition coefficient (Wildman–Crippen LogP) is 5.29. The largest absolute Gasteiger partial charge is 0.507 e. The van der Waals surface area contributed by atoms with Gasteiger partial charge in [-0.1, -0.05) is 34.1 Å². The summed E-state index contributed by atoms with van der Waals surface area (Å²) in [7, 11) is 1.63. The molecular formula is C22H32O3. The minimum Gasteiger partial charge on any atom is -0.507 e. The Kier molecular flexibility index (Phi) is 3.62. The van der Waals surface area contributed by atoms with E-state index in [1.807, 2.05) is 6.07 Å². The third-order valence-corrected chi connectivity index (χ3v) is 8.06. The lowest BCUT2D eigenvalue weighted by Crippen LogP contribution is -2.59. The van der Waals surface area contributed by atoms with Gasteiger partial charge in [0.1, 0.15) is 17.2 Å². The summed E-state index contributed by atoms with van der Waals surface area (Å²) >= 11 is 0. The maximum atomic E-state index is 10.8. The quantitative estimate of drug-likeness (QED) is 0.752. The molecule has 0 aromatic heterocycles. The van der Waals surface area contributed by atoms with Crippen LogP contribution in [0, 0.1) is 22.7 Å². The molecule has 0 spiro atoms. The number of phenolic OH excluding ortho intramolecular Hbond substituents is 1. The molecule has 1 N–H and O–H groups in total. The summed E-state index contributed by atoms with van der Waals surface area (Å²) in [6.07, 6.45) is 6.26. The highest BCUT2D eigenvalue weighted by atomic mass is 16.5. The van der Waals surface area contributed by atoms with Gasteiger partial charge in [-0.15, -0.1) is 0 Å². The molecule has 1 aliphatic heterocycles. The summed E-state index contributed by atoms with van der Waals surface area (Å²) in [6, 6.07) is 3.69. The summed E-state index contributed by atoms with van der Waals surface area (Å²) in [5.74, 6) is 2.99. The van der Waals surface area contributed by atoms with Gasteiger partial charge in [0, 0.05) is 29.0 Å². The Morgan fingerprint density at radius 3 is 2.56 bits per heavy atom. The predicted molar refractivity (Wildman–Crippen MR) is 99.5 cm³/mol. The molecule has 0 radical (unpaired) electrons. The fourth-order valence-electron chi connectivity index (χ4n) is 6.88. The van der Waals surface area contributed by atoms with E-state index in [-0.39, 0.29) is 10.8 Å². The van der Waals surface area contributed by atoms with Crippen molar-refractivity contribution in [3.05, 3.63) is 17.7 Å². The number of hydrogen-bond acceptors (Lipinski definition) is 3. The molecule has 1 heterocycles. The second kappa shape index (κ2) is 5.31. The zero-order valence-corrected chi connectivity index (χ0v) is 16.3. The summed E-state index contributed by atoms with van der Waals surface area (Å²) in [5.41, 5.74) is 1.66. The van der Waals surface area contributed by atoms with Gasteiger partial charge in [0.05, 0.1) is 13.7 Å². The molecule has 2 aliphatic carbocycles. The third-order valence-electron chi connectivity index (χ3n) is 8.06. The molecule has 1 aromatic carbocycles. The average molecular weight is 344 g/mol. The van der Waals surface area contributed by atoms with Gasteiger partial charge in [-0.2, -0.15) is 0 Å². The van der Waals surface area contributed by atoms with E-state index in [1.165, 1.54) is 25.7 Å². The Hall–Kier alpha value is -1.38. The van der Waals surface area contributed by atoms with Crippen LogP contribution in [0.15, 0.2) is 12.1 Å². The fourth-order valence-corrected chi connectivity index (χ4v) is 6.88. The van der Waals surface area contributed by atoms with E-state index in [9.17, 15) is 5.11 Å². The van der Waals surface area contributed by atoms with Crippen molar-refractivity contribution in [1.29, 1.82) is 0 Å². The zero-order valence-electron chi connectivity index (χ0n) is 16.3. The van der Waals surface area contributed by atoms with Crippen LogP contribution in [-0.4, -0.2) is 18.8 Å². The van der Waals surface area contributed by atoms with Gasteiger partial charge in [0.2, 0.25) is 0 Å². The van der Waals surface area contributed by atoms with Crippen LogP contribution in [0.3, 0.4) is 0 Å². The number of ether oxygens (including phenoxy) is 2. The summed E-state index contributed by atoms with van der Waals surface area (Å²) in [6.45, 7) is 10.5. The average Bonchev–Trinajstić information content (AvgIpc) is 2.52. The van der Waals surface area contributed by atoms with Crippen LogP contribution in [0.4, 0.5) is 0 Å². The van der Waals surface area contributed by atoms with E-state index < -0.39 is 0 Å². The van der Waals surface area contributed by atoms with Gasteiger partial charge in [-0.05, 0) is 42.4 Å². The summed E-state index contributed by atoms with van der Waals surface area (Å²) < 4.78 is 11.5. The van der Waals surface area contributed by atoms with E-state index in [2.05, 4.69) is 27.7 Å². The molecule has 25 heavy (non-hydrogen) atoms. The number of benzene rings is 1. The number of fused-ring (bicyclic) bond motifs is 5. The van der Waals surface area contributed by atoms with Crippen LogP contribution in [0.1, 0.15) is 65.4 Å². The van der Waals surface area contributed by atoms with E-state index in [1.54, 1.807) is 13.2 Å². The van der Waals surface area contributed by atoms with Crippen molar-refractivity contribution in [3.8, 4) is 17.2 Å². The van der Waals surface area contributed by atoms with E-state index in [0.29, 0.717) is 22.8 Å². The Morgan fingerprint density at radius 2 is 1.84 bits per heavy atom. The van der Waals surface area contributed by atoms with Crippen LogP contribution < -0.4 is 9.47 Å². The van der Waals surface area contributed by atoms with Crippen molar-refractivity contribution in [2.75, 3.05) is 13.7 Å². The third kappa shape index (κ3) is 2.23. The monoisotopic (exact) mass is 344 g/mol. The SMILES string of the molecule is COc1cc(O)c2c(c1)OC[C@@H]1[C@@]3(C)CCCC(C)(C)[C@@H]3CC[C@@]21C. The van der Waals surface area contributed by atoms with Crippen molar-refractivity contribution in [2.24, 2.45) is 22.7 Å². The summed E-state index contributed by atoms with van der Waals surface area (Å²) in [4.78, 5) is 0. The molecule has 0 unspecified atom stereocenters. The lowest BCUT2D eigenvalue weighted by molar-refractivity contribution is -0.124. The van der Waals surface area contributed by atoms with Gasteiger partial charge in [-0.25, -0.2) is 0 Å². The fraction of sp³-hybridized carbons (Fsp3) is 0.727. The highest BCUT2D eigenvalue weighted by molar-refractivity contribution is 5.55. The Labute approximate surface area is 151 Å². The molecule has 0 saturated heterocycles. The minimum absolute atomic E-state index is 0.0252. The second-order valence-electron chi connectivity index (χ2n) is 9.74. The molecule has 4 rings (SSSR count). The first-order chi connectivity index (χ1) is 11.7. The van der Waals surface area contributed by atoms with Crippen LogP contribution in [-0.2, 0) is 5.41 Å². The van der Waals surface area contributed by atoms with Gasteiger partial charge in [0.25, 0.3) is 0 Å². The first-order valence-electron chi connectivity index (χ1n) is 9.77. The lowest BCUT2D eigenvalue weighted by atomic mass is 9.42. The van der Waals surface area contributed by atoms with E-state index >= 15 is 0 Å². The van der Waals surface area contributed by atoms with Crippen molar-refractivity contribution in [2.45, 2.75) is 65.2 Å². The first kappa shape index (κ1) is 17.1. The molecule has 0 bridgehead atoms. The number of aromatic hydroxyl groups is 1. The maximum absolute atomic E-state index is 10.8. The molecule has 0 amide bonds. The van der Waals surface area contributed by atoms with E-state index in [0.717, 1.165) is 30.3 Å². The minimum atomic E-state index is -0.0252. The van der Waals surface area contributed by atoms with E-state index in [4.69, 9.17) is 9.47 Å². The molecular weight excluding hydrogens is 312 g/mol. The number of phenols is 1. The maximum Gasteiger partial charge on any atom is 0.130 e. The van der Waals surface area contributed by atoms with Crippen LogP contribution >= 0.6 is 0 Å². The number of methoxy groups -OCH3 is 1. The normalized spacial score (nSPS) is 38.8. The Morgan fingerprint density at radius 1 is 1.08 bits per heavy atom. The lowest BCUT2D eigenvalue weighted by Gasteiger charge is -2.63. The number of rotatable bonds is 1. The molecule has 4 atom stereocenters. The summed E-state index contributed by atoms with van der Waals surface area (Å²) in [5, 5.41) is 10.8. The Bertz CT molecular complexity index is 695. The van der Waals surface area contributed by atoms with Crippen LogP contribution in [0.25, 0.3) is 0 Å². The Balaban J connectivity index is 1.82. The van der Waals surface area contributed by atoms with Gasteiger partial charge >= 0.3 is 0 Å². The number of hydrogen-bond donors (Lipinski definition) is 1. The molecule has 1 aromatic rings. The van der Waals surface area contributed by atoms with Gasteiger partial charge < -0.3 is 14.6 Å². The molecule has 2 fully saturated rings. The first-order valence-corrected chi connectivity index (χ1v) is 9.77. The molecule has 2 saturated carbocycles. The molecule has 3 aliphatic rings. The molecule has 3 heteroatoms. The van der Waals surface area contributed by atoms with Crippen molar-refractivity contribution in [3.63, 3.8) is 0 Å². The van der Waals surface area contributed by atoms with Crippen molar-refractivity contribution < 1.29 is 14.6 Å². The standard InChI is InChI=1S/C22H32O3/c1-20(2)8-6-9-21(3)17(20)7-10-22(4)18(21)13-25-16-12-14(24-5)11-15(23)19(16)22/h11-12,17-18,23H,6-10,13H2,1-5H3/t17-,18+,21-,22+/m0/s1. The van der Waals surface area contributed by atoms with Gasteiger partial charge in [0.15, 0.2) is 0 Å². The van der Waals surface area contributed by atoms with Crippen LogP contribution in [0.2, 0.25) is 0 Å². The van der Waals surface area contributed by atoms with Crippen molar-refractivity contribution >= 4 is 0 Å². The second-order valence-corrected chi connectivity index (χ2v) is 9.74. The topological polar surface area (TPSA) is 38.7 Å². The highest BCUT2D eigenvalue weighted by Gasteiger charge is 2.61.